The highest BCUT2D eigenvalue weighted by Gasteiger charge is 2.46. The van der Waals surface area contributed by atoms with Crippen LogP contribution in [-0.4, -0.2) is 0 Å². The van der Waals surface area contributed by atoms with Crippen LogP contribution in [0.15, 0.2) is 11.6 Å². The molecule has 0 aromatic carbocycles. The lowest BCUT2D eigenvalue weighted by Gasteiger charge is -2.52. The van der Waals surface area contributed by atoms with Gasteiger partial charge < -0.3 is 0 Å². The van der Waals surface area contributed by atoms with E-state index in [0.29, 0.717) is 5.41 Å². The zero-order valence-electron chi connectivity index (χ0n) is 7.85. The average Bonchev–Trinajstić information content (AvgIpc) is 1.92. The first kappa shape index (κ1) is 7.39. The van der Waals surface area contributed by atoms with E-state index in [1.165, 1.54) is 19.3 Å². The Morgan fingerprint density at radius 2 is 2.18 bits per heavy atom. The summed E-state index contributed by atoms with van der Waals surface area (Å²) in [5.41, 5.74) is 2.24. The molecule has 0 aromatic heterocycles. The van der Waals surface area contributed by atoms with Gasteiger partial charge in [0.2, 0.25) is 0 Å². The lowest BCUT2D eigenvalue weighted by Crippen LogP contribution is -2.44. The highest BCUT2D eigenvalue weighted by atomic mass is 14.5. The van der Waals surface area contributed by atoms with E-state index < -0.39 is 0 Å². The summed E-state index contributed by atoms with van der Waals surface area (Å²) in [5.74, 6) is 1.95. The molecule has 0 amide bonds. The molecule has 0 heterocycles. The SMILES string of the molecule is CC1=CC2C(CC1)CC2(C)C. The van der Waals surface area contributed by atoms with Crippen molar-refractivity contribution in [3.05, 3.63) is 11.6 Å². The normalized spacial score (nSPS) is 40.5. The summed E-state index contributed by atoms with van der Waals surface area (Å²) in [6.45, 7) is 7.09. The molecule has 0 heteroatoms. The van der Waals surface area contributed by atoms with E-state index >= 15 is 0 Å². The molecule has 0 nitrogen and oxygen atoms in total. The maximum absolute atomic E-state index is 2.53. The zero-order valence-corrected chi connectivity index (χ0v) is 7.85. The van der Waals surface area contributed by atoms with Crippen molar-refractivity contribution in [2.45, 2.75) is 40.0 Å². The van der Waals surface area contributed by atoms with E-state index in [0.717, 1.165) is 11.8 Å². The number of allylic oxidation sites excluding steroid dienone is 2. The summed E-state index contributed by atoms with van der Waals surface area (Å²) in [6.07, 6.45) is 6.80. The predicted molar refractivity (Wildman–Crippen MR) is 48.4 cm³/mol. The molecule has 0 aliphatic heterocycles. The number of rotatable bonds is 0. The molecular weight excluding hydrogens is 132 g/mol. The average molecular weight is 150 g/mol. The van der Waals surface area contributed by atoms with Gasteiger partial charge in [-0.05, 0) is 43.4 Å². The molecular formula is C11H18. The Kier molecular flexibility index (Phi) is 1.42. The van der Waals surface area contributed by atoms with E-state index in [4.69, 9.17) is 0 Å². The lowest BCUT2D eigenvalue weighted by atomic mass is 9.52. The minimum Gasteiger partial charge on any atom is -0.0817 e. The van der Waals surface area contributed by atoms with Gasteiger partial charge in [0.1, 0.15) is 0 Å². The molecule has 2 unspecified atom stereocenters. The van der Waals surface area contributed by atoms with E-state index in [9.17, 15) is 0 Å². The monoisotopic (exact) mass is 150 g/mol. The second kappa shape index (κ2) is 2.12. The molecule has 0 saturated heterocycles. The van der Waals surface area contributed by atoms with Gasteiger partial charge in [-0.25, -0.2) is 0 Å². The van der Waals surface area contributed by atoms with Gasteiger partial charge in [-0.15, -0.1) is 0 Å². The van der Waals surface area contributed by atoms with Crippen LogP contribution < -0.4 is 0 Å². The van der Waals surface area contributed by atoms with E-state index in [1.807, 2.05) is 0 Å². The number of hydrogen-bond donors (Lipinski definition) is 0. The molecule has 2 aliphatic rings. The first-order chi connectivity index (χ1) is 5.09. The summed E-state index contributed by atoms with van der Waals surface area (Å²) in [6, 6.07) is 0. The molecule has 0 spiro atoms. The van der Waals surface area contributed by atoms with Crippen molar-refractivity contribution in [3.63, 3.8) is 0 Å². The van der Waals surface area contributed by atoms with Crippen LogP contribution in [0.1, 0.15) is 40.0 Å². The van der Waals surface area contributed by atoms with E-state index in [-0.39, 0.29) is 0 Å². The van der Waals surface area contributed by atoms with Crippen LogP contribution in [0, 0.1) is 17.3 Å². The van der Waals surface area contributed by atoms with Crippen molar-refractivity contribution in [3.8, 4) is 0 Å². The van der Waals surface area contributed by atoms with E-state index in [2.05, 4.69) is 26.8 Å². The minimum absolute atomic E-state index is 0.617. The Morgan fingerprint density at radius 1 is 1.45 bits per heavy atom. The highest BCUT2D eigenvalue weighted by molar-refractivity contribution is 5.15. The fraction of sp³-hybridized carbons (Fsp3) is 0.818. The molecule has 1 saturated carbocycles. The molecule has 2 rings (SSSR count). The minimum atomic E-state index is 0.617. The highest BCUT2D eigenvalue weighted by Crippen LogP contribution is 2.55. The van der Waals surface area contributed by atoms with Gasteiger partial charge in [0.05, 0.1) is 0 Å². The van der Waals surface area contributed by atoms with Crippen LogP contribution >= 0.6 is 0 Å². The standard InChI is InChI=1S/C11H18/c1-8-4-5-9-7-11(2,3)10(9)6-8/h6,9-10H,4-5,7H2,1-3H3. The molecule has 0 aromatic rings. The third kappa shape index (κ3) is 1.04. The fourth-order valence-corrected chi connectivity index (χ4v) is 2.86. The van der Waals surface area contributed by atoms with Crippen molar-refractivity contribution in [2.75, 3.05) is 0 Å². The quantitative estimate of drug-likeness (QED) is 0.464. The second-order valence-corrected chi connectivity index (χ2v) is 5.03. The van der Waals surface area contributed by atoms with Crippen LogP contribution in [0.25, 0.3) is 0 Å². The second-order valence-electron chi connectivity index (χ2n) is 5.03. The molecule has 0 bridgehead atoms. The number of fused-ring (bicyclic) bond motifs is 1. The summed E-state index contributed by atoms with van der Waals surface area (Å²) < 4.78 is 0. The van der Waals surface area contributed by atoms with Gasteiger partial charge in [0.15, 0.2) is 0 Å². The molecule has 62 valence electrons. The summed E-state index contributed by atoms with van der Waals surface area (Å²) in [5, 5.41) is 0. The van der Waals surface area contributed by atoms with Gasteiger partial charge in [-0.3, -0.25) is 0 Å². The van der Waals surface area contributed by atoms with Crippen LogP contribution in [0.2, 0.25) is 0 Å². The van der Waals surface area contributed by atoms with Crippen molar-refractivity contribution in [1.29, 1.82) is 0 Å². The predicted octanol–water partition coefficient (Wildman–Crippen LogP) is 3.39. The number of hydrogen-bond acceptors (Lipinski definition) is 0. The van der Waals surface area contributed by atoms with Gasteiger partial charge in [-0.2, -0.15) is 0 Å². The van der Waals surface area contributed by atoms with Gasteiger partial charge >= 0.3 is 0 Å². The van der Waals surface area contributed by atoms with Crippen molar-refractivity contribution in [2.24, 2.45) is 17.3 Å². The largest absolute Gasteiger partial charge is 0.0817 e. The topological polar surface area (TPSA) is 0 Å². The van der Waals surface area contributed by atoms with E-state index in [1.54, 1.807) is 5.57 Å². The third-order valence-electron chi connectivity index (χ3n) is 3.57. The first-order valence-electron chi connectivity index (χ1n) is 4.77. The maximum atomic E-state index is 2.53. The van der Waals surface area contributed by atoms with Crippen molar-refractivity contribution < 1.29 is 0 Å². The van der Waals surface area contributed by atoms with Crippen LogP contribution in [0.3, 0.4) is 0 Å². The maximum Gasteiger partial charge on any atom is -0.0151 e. The Labute approximate surface area is 69.7 Å². The van der Waals surface area contributed by atoms with Crippen molar-refractivity contribution >= 4 is 0 Å². The summed E-state index contributed by atoms with van der Waals surface area (Å²) in [7, 11) is 0. The Bertz CT molecular complexity index is 198. The molecule has 2 aliphatic carbocycles. The fourth-order valence-electron chi connectivity index (χ4n) is 2.86. The molecule has 0 radical (unpaired) electrons. The van der Waals surface area contributed by atoms with Crippen LogP contribution in [-0.2, 0) is 0 Å². The van der Waals surface area contributed by atoms with Crippen LogP contribution in [0.4, 0.5) is 0 Å². The lowest BCUT2D eigenvalue weighted by molar-refractivity contribution is 0.0131. The Morgan fingerprint density at radius 3 is 2.73 bits per heavy atom. The Hall–Kier alpha value is -0.260. The summed E-state index contributed by atoms with van der Waals surface area (Å²) in [4.78, 5) is 0. The first-order valence-corrected chi connectivity index (χ1v) is 4.77. The third-order valence-corrected chi connectivity index (χ3v) is 3.57. The van der Waals surface area contributed by atoms with Gasteiger partial charge in [0, 0.05) is 0 Å². The van der Waals surface area contributed by atoms with Crippen LogP contribution in [0.5, 0.6) is 0 Å². The summed E-state index contributed by atoms with van der Waals surface area (Å²) >= 11 is 0. The molecule has 2 atom stereocenters. The zero-order chi connectivity index (χ0) is 8.06. The molecule has 0 N–H and O–H groups in total. The van der Waals surface area contributed by atoms with Crippen molar-refractivity contribution in [1.82, 2.24) is 0 Å². The van der Waals surface area contributed by atoms with Gasteiger partial charge in [-0.1, -0.05) is 25.5 Å². The molecule has 1 fully saturated rings. The Balaban J connectivity index is 2.17. The van der Waals surface area contributed by atoms with Gasteiger partial charge in [0.25, 0.3) is 0 Å². The molecule has 11 heavy (non-hydrogen) atoms. The smallest absolute Gasteiger partial charge is 0.0151 e.